The summed E-state index contributed by atoms with van der Waals surface area (Å²) in [7, 11) is 0. The van der Waals surface area contributed by atoms with E-state index in [-0.39, 0.29) is 19.1 Å². The fourth-order valence-corrected chi connectivity index (χ4v) is 2.87. The topological polar surface area (TPSA) is 84.7 Å². The molecule has 1 aromatic heterocycles. The van der Waals surface area contributed by atoms with Gasteiger partial charge in [0, 0.05) is 6.54 Å². The molecule has 126 valence electrons. The third-order valence-corrected chi connectivity index (χ3v) is 4.26. The summed E-state index contributed by atoms with van der Waals surface area (Å²) in [4.78, 5) is 25.5. The van der Waals surface area contributed by atoms with Gasteiger partial charge in [-0.25, -0.2) is 9.48 Å². The minimum Gasteiger partial charge on any atom is -0.480 e. The van der Waals surface area contributed by atoms with E-state index >= 15 is 0 Å². The number of ether oxygens (including phenoxy) is 1. The van der Waals surface area contributed by atoms with Gasteiger partial charge in [-0.3, -0.25) is 4.79 Å². The first-order valence-electron chi connectivity index (χ1n) is 7.73. The van der Waals surface area contributed by atoms with Gasteiger partial charge in [-0.15, -0.1) is 0 Å². The van der Waals surface area contributed by atoms with E-state index < -0.39 is 12.0 Å². The van der Waals surface area contributed by atoms with Crippen LogP contribution in [0.25, 0.3) is 5.69 Å². The Kier molecular flexibility index (Phi) is 4.35. The Morgan fingerprint density at radius 1 is 1.29 bits per heavy atom. The van der Waals surface area contributed by atoms with Crippen LogP contribution in [0.4, 0.5) is 0 Å². The number of carbonyl (C=O) groups excluding carboxylic acids is 1. The van der Waals surface area contributed by atoms with Crippen molar-refractivity contribution < 1.29 is 19.4 Å². The molecule has 1 N–H and O–H groups in total. The maximum Gasteiger partial charge on any atom is 0.328 e. The largest absolute Gasteiger partial charge is 0.480 e. The Morgan fingerprint density at radius 2 is 2.04 bits per heavy atom. The van der Waals surface area contributed by atoms with Crippen LogP contribution in [0.3, 0.4) is 0 Å². The van der Waals surface area contributed by atoms with Gasteiger partial charge in [-0.1, -0.05) is 18.2 Å². The van der Waals surface area contributed by atoms with Crippen LogP contribution in [0.1, 0.15) is 21.6 Å². The molecule has 1 aromatic carbocycles. The lowest BCUT2D eigenvalue weighted by molar-refractivity contribution is -0.147. The summed E-state index contributed by atoms with van der Waals surface area (Å²) in [6.45, 7) is 4.38. The van der Waals surface area contributed by atoms with Crippen molar-refractivity contribution in [2.45, 2.75) is 19.9 Å². The Bertz CT molecular complexity index is 784. The Labute approximate surface area is 139 Å². The molecular formula is C17H19N3O4. The molecule has 1 aliphatic rings. The Hall–Kier alpha value is -2.67. The van der Waals surface area contributed by atoms with Crippen LogP contribution in [-0.2, 0) is 9.53 Å². The van der Waals surface area contributed by atoms with Crippen molar-refractivity contribution in [3.05, 3.63) is 47.3 Å². The molecule has 0 radical (unpaired) electrons. The monoisotopic (exact) mass is 329 g/mol. The molecule has 24 heavy (non-hydrogen) atoms. The highest BCUT2D eigenvalue weighted by molar-refractivity contribution is 5.97. The standard InChI is InChI=1S/C17H19N3O4/c1-11-5-3-4-6-14(11)20-12(2)13(9-18-20)16(21)19-7-8-24-10-15(19)17(22)23/h3-6,9,15H,7-8,10H2,1-2H3,(H,22,23)/t15-/m0/s1. The number of hydrogen-bond acceptors (Lipinski definition) is 4. The lowest BCUT2D eigenvalue weighted by Crippen LogP contribution is -2.52. The highest BCUT2D eigenvalue weighted by Crippen LogP contribution is 2.20. The minimum absolute atomic E-state index is 0.00600. The number of para-hydroxylation sites is 1. The number of aromatic nitrogens is 2. The van der Waals surface area contributed by atoms with Crippen molar-refractivity contribution in [3.8, 4) is 5.69 Å². The van der Waals surface area contributed by atoms with Crippen LogP contribution in [-0.4, -0.2) is 57.5 Å². The number of carboxylic acids is 1. The molecule has 7 heteroatoms. The maximum absolute atomic E-state index is 12.8. The summed E-state index contributed by atoms with van der Waals surface area (Å²) < 4.78 is 6.89. The SMILES string of the molecule is Cc1ccccc1-n1ncc(C(=O)N2CCOC[C@H]2C(=O)O)c1C. The van der Waals surface area contributed by atoms with Crippen molar-refractivity contribution in [2.24, 2.45) is 0 Å². The summed E-state index contributed by atoms with van der Waals surface area (Å²) >= 11 is 0. The molecule has 1 aliphatic heterocycles. The Balaban J connectivity index is 1.94. The van der Waals surface area contributed by atoms with Gasteiger partial charge in [0.25, 0.3) is 5.91 Å². The number of amides is 1. The quantitative estimate of drug-likeness (QED) is 0.920. The zero-order valence-corrected chi connectivity index (χ0v) is 13.6. The zero-order valence-electron chi connectivity index (χ0n) is 13.6. The lowest BCUT2D eigenvalue weighted by atomic mass is 10.1. The van der Waals surface area contributed by atoms with Gasteiger partial charge >= 0.3 is 5.97 Å². The first kappa shape index (κ1) is 16.2. The molecular weight excluding hydrogens is 310 g/mol. The number of rotatable bonds is 3. The van der Waals surface area contributed by atoms with Gasteiger partial charge < -0.3 is 14.7 Å². The van der Waals surface area contributed by atoms with Crippen LogP contribution in [0.2, 0.25) is 0 Å². The molecule has 1 fully saturated rings. The number of nitrogens with zero attached hydrogens (tertiary/aromatic N) is 3. The van der Waals surface area contributed by atoms with Crippen molar-refractivity contribution in [1.82, 2.24) is 14.7 Å². The smallest absolute Gasteiger partial charge is 0.328 e. The van der Waals surface area contributed by atoms with Crippen LogP contribution in [0.15, 0.2) is 30.5 Å². The lowest BCUT2D eigenvalue weighted by Gasteiger charge is -2.32. The molecule has 0 saturated carbocycles. The summed E-state index contributed by atoms with van der Waals surface area (Å²) in [6, 6.07) is 6.79. The van der Waals surface area contributed by atoms with E-state index in [0.29, 0.717) is 17.9 Å². The van der Waals surface area contributed by atoms with Gasteiger partial charge in [0.05, 0.1) is 36.4 Å². The van der Waals surface area contributed by atoms with E-state index in [1.807, 2.05) is 38.1 Å². The molecule has 0 unspecified atom stereocenters. The summed E-state index contributed by atoms with van der Waals surface area (Å²) in [5.74, 6) is -1.39. The number of carboxylic acid groups (broad SMARTS) is 1. The number of morpholine rings is 1. The van der Waals surface area contributed by atoms with Crippen molar-refractivity contribution in [2.75, 3.05) is 19.8 Å². The third-order valence-electron chi connectivity index (χ3n) is 4.26. The van der Waals surface area contributed by atoms with Gasteiger partial charge in [0.2, 0.25) is 0 Å². The van der Waals surface area contributed by atoms with E-state index in [4.69, 9.17) is 4.74 Å². The molecule has 2 heterocycles. The second kappa shape index (κ2) is 6.45. The number of hydrogen-bond donors (Lipinski definition) is 1. The van der Waals surface area contributed by atoms with E-state index in [0.717, 1.165) is 11.3 Å². The number of aliphatic carboxylic acids is 1. The van der Waals surface area contributed by atoms with E-state index in [2.05, 4.69) is 5.10 Å². The van der Waals surface area contributed by atoms with Crippen LogP contribution in [0, 0.1) is 13.8 Å². The van der Waals surface area contributed by atoms with Crippen LogP contribution in [0.5, 0.6) is 0 Å². The van der Waals surface area contributed by atoms with E-state index in [9.17, 15) is 14.7 Å². The van der Waals surface area contributed by atoms with Gasteiger partial charge in [0.1, 0.15) is 0 Å². The van der Waals surface area contributed by atoms with E-state index in [1.165, 1.54) is 11.1 Å². The average Bonchev–Trinajstić information content (AvgIpc) is 2.96. The maximum atomic E-state index is 12.8. The first-order chi connectivity index (χ1) is 11.5. The molecule has 0 aliphatic carbocycles. The van der Waals surface area contributed by atoms with Gasteiger partial charge in [0.15, 0.2) is 6.04 Å². The molecule has 1 saturated heterocycles. The average molecular weight is 329 g/mol. The second-order valence-electron chi connectivity index (χ2n) is 5.77. The fourth-order valence-electron chi connectivity index (χ4n) is 2.87. The summed E-state index contributed by atoms with van der Waals surface area (Å²) in [6.07, 6.45) is 1.50. The molecule has 3 rings (SSSR count). The molecule has 0 bridgehead atoms. The molecule has 1 amide bonds. The highest BCUT2D eigenvalue weighted by atomic mass is 16.5. The van der Waals surface area contributed by atoms with Crippen LogP contribution < -0.4 is 0 Å². The normalized spacial score (nSPS) is 17.8. The summed E-state index contributed by atoms with van der Waals surface area (Å²) in [5.41, 5.74) is 3.03. The van der Waals surface area contributed by atoms with Crippen molar-refractivity contribution in [3.63, 3.8) is 0 Å². The predicted octanol–water partition coefficient (Wildman–Crippen LogP) is 1.41. The predicted molar refractivity (Wildman–Crippen MR) is 86.3 cm³/mol. The first-order valence-corrected chi connectivity index (χ1v) is 7.73. The number of aryl methyl sites for hydroxylation is 1. The minimum atomic E-state index is -1.06. The van der Waals surface area contributed by atoms with Crippen molar-refractivity contribution in [1.29, 1.82) is 0 Å². The van der Waals surface area contributed by atoms with Gasteiger partial charge in [-0.2, -0.15) is 5.10 Å². The summed E-state index contributed by atoms with van der Waals surface area (Å²) in [5, 5.41) is 13.6. The molecule has 7 nitrogen and oxygen atoms in total. The van der Waals surface area contributed by atoms with E-state index in [1.54, 1.807) is 4.68 Å². The Morgan fingerprint density at radius 3 is 2.75 bits per heavy atom. The fraction of sp³-hybridized carbons (Fsp3) is 0.353. The third kappa shape index (κ3) is 2.78. The molecule has 2 aromatic rings. The molecule has 1 atom stereocenters. The number of benzene rings is 1. The number of carbonyl (C=O) groups is 2. The van der Waals surface area contributed by atoms with Crippen LogP contribution >= 0.6 is 0 Å². The highest BCUT2D eigenvalue weighted by Gasteiger charge is 2.34. The molecule has 0 spiro atoms. The zero-order chi connectivity index (χ0) is 17.3. The van der Waals surface area contributed by atoms with Gasteiger partial charge in [-0.05, 0) is 25.5 Å². The second-order valence-corrected chi connectivity index (χ2v) is 5.77. The van der Waals surface area contributed by atoms with Crippen molar-refractivity contribution >= 4 is 11.9 Å².